The zero-order valence-corrected chi connectivity index (χ0v) is 15.9. The topological polar surface area (TPSA) is 85.0 Å². The lowest BCUT2D eigenvalue weighted by Gasteiger charge is -2.21. The van der Waals surface area contributed by atoms with Crippen LogP contribution in [0.2, 0.25) is 0 Å². The fourth-order valence-electron chi connectivity index (χ4n) is 3.29. The van der Waals surface area contributed by atoms with Gasteiger partial charge in [-0.1, -0.05) is 0 Å². The molecule has 3 aromatic rings. The van der Waals surface area contributed by atoms with Crippen LogP contribution >= 0.6 is 0 Å². The standard InChI is InChI=1S/C21H22FN5O2/c22-15-6-4-14(5-7-15)17-18(27-19(26-17)20-28-10-1-11-29-20)16-8-9-23-21(25-16)24-12-13-2-3-13/h4-9,13,20H,1-3,10-12H2,(H,26,27)(H,23,24,25). The van der Waals surface area contributed by atoms with Gasteiger partial charge in [0.15, 0.2) is 5.82 Å². The Labute approximate surface area is 167 Å². The number of halogens is 1. The van der Waals surface area contributed by atoms with Crippen molar-refractivity contribution in [2.75, 3.05) is 25.1 Å². The Balaban J connectivity index is 1.52. The molecule has 7 nitrogen and oxygen atoms in total. The van der Waals surface area contributed by atoms with E-state index in [9.17, 15) is 4.39 Å². The van der Waals surface area contributed by atoms with Crippen LogP contribution in [0.15, 0.2) is 36.5 Å². The molecule has 2 aliphatic rings. The number of ether oxygens (including phenoxy) is 2. The fourth-order valence-corrected chi connectivity index (χ4v) is 3.29. The molecule has 3 heterocycles. The second kappa shape index (κ2) is 7.88. The molecule has 1 aliphatic carbocycles. The van der Waals surface area contributed by atoms with Crippen LogP contribution in [0.3, 0.4) is 0 Å². The molecule has 0 bridgehead atoms. The number of H-pyrrole nitrogens is 1. The molecule has 1 saturated carbocycles. The molecule has 2 aromatic heterocycles. The molecule has 0 unspecified atom stereocenters. The van der Waals surface area contributed by atoms with Crippen molar-refractivity contribution < 1.29 is 13.9 Å². The molecule has 1 aromatic carbocycles. The molecule has 2 N–H and O–H groups in total. The lowest BCUT2D eigenvalue weighted by atomic mass is 10.1. The van der Waals surface area contributed by atoms with Gasteiger partial charge in [0.2, 0.25) is 12.2 Å². The van der Waals surface area contributed by atoms with Gasteiger partial charge in [-0.25, -0.2) is 19.3 Å². The van der Waals surface area contributed by atoms with Gasteiger partial charge < -0.3 is 19.8 Å². The summed E-state index contributed by atoms with van der Waals surface area (Å²) >= 11 is 0. The molecule has 0 spiro atoms. The molecule has 5 rings (SSSR count). The average Bonchev–Trinajstić information content (AvgIpc) is 3.50. The predicted octanol–water partition coefficient (Wildman–Crippen LogP) is 3.93. The zero-order chi connectivity index (χ0) is 19.6. The van der Waals surface area contributed by atoms with Crippen LogP contribution in [0, 0.1) is 11.7 Å². The van der Waals surface area contributed by atoms with E-state index in [1.807, 2.05) is 6.07 Å². The van der Waals surface area contributed by atoms with Crippen molar-refractivity contribution in [2.45, 2.75) is 25.6 Å². The van der Waals surface area contributed by atoms with Crippen molar-refractivity contribution in [1.82, 2.24) is 19.9 Å². The van der Waals surface area contributed by atoms with Gasteiger partial charge in [0.25, 0.3) is 0 Å². The summed E-state index contributed by atoms with van der Waals surface area (Å²) < 4.78 is 24.8. The van der Waals surface area contributed by atoms with Gasteiger partial charge in [0, 0.05) is 18.3 Å². The first kappa shape index (κ1) is 18.2. The predicted molar refractivity (Wildman–Crippen MR) is 105 cm³/mol. The van der Waals surface area contributed by atoms with Crippen molar-refractivity contribution in [3.8, 4) is 22.6 Å². The number of nitrogens with zero attached hydrogens (tertiary/aromatic N) is 3. The molecule has 150 valence electrons. The minimum absolute atomic E-state index is 0.293. The molecule has 1 aliphatic heterocycles. The monoisotopic (exact) mass is 395 g/mol. The maximum absolute atomic E-state index is 13.4. The molecule has 1 saturated heterocycles. The molecule has 0 amide bonds. The highest BCUT2D eigenvalue weighted by atomic mass is 19.1. The molecule has 0 atom stereocenters. The quantitative estimate of drug-likeness (QED) is 0.658. The first-order chi connectivity index (χ1) is 14.3. The van der Waals surface area contributed by atoms with Crippen LogP contribution in [-0.2, 0) is 9.47 Å². The van der Waals surface area contributed by atoms with Crippen LogP contribution in [0.5, 0.6) is 0 Å². The van der Waals surface area contributed by atoms with Gasteiger partial charge in [-0.05, 0) is 55.5 Å². The van der Waals surface area contributed by atoms with E-state index in [4.69, 9.17) is 14.5 Å². The molecular weight excluding hydrogens is 373 g/mol. The Morgan fingerprint density at radius 2 is 1.86 bits per heavy atom. The van der Waals surface area contributed by atoms with E-state index in [0.717, 1.165) is 30.1 Å². The van der Waals surface area contributed by atoms with E-state index >= 15 is 0 Å². The average molecular weight is 395 g/mol. The molecule has 29 heavy (non-hydrogen) atoms. The van der Waals surface area contributed by atoms with Gasteiger partial charge in [0.05, 0.1) is 30.3 Å². The summed E-state index contributed by atoms with van der Waals surface area (Å²) in [6.07, 6.45) is 4.54. The van der Waals surface area contributed by atoms with E-state index < -0.39 is 6.29 Å². The van der Waals surface area contributed by atoms with Gasteiger partial charge in [-0.3, -0.25) is 0 Å². The molecule has 0 radical (unpaired) electrons. The van der Waals surface area contributed by atoms with Crippen molar-refractivity contribution in [3.63, 3.8) is 0 Å². The van der Waals surface area contributed by atoms with Crippen LogP contribution in [0.25, 0.3) is 22.6 Å². The van der Waals surface area contributed by atoms with Crippen molar-refractivity contribution in [3.05, 3.63) is 48.2 Å². The zero-order valence-electron chi connectivity index (χ0n) is 15.9. The normalized spacial score (nSPS) is 17.4. The maximum Gasteiger partial charge on any atom is 0.223 e. The first-order valence-electron chi connectivity index (χ1n) is 9.92. The van der Waals surface area contributed by atoms with Crippen LogP contribution in [0.1, 0.15) is 31.4 Å². The Kier molecular flexibility index (Phi) is 4.95. The number of aromatic amines is 1. The van der Waals surface area contributed by atoms with E-state index in [-0.39, 0.29) is 5.82 Å². The minimum Gasteiger partial charge on any atom is -0.354 e. The molecule has 8 heteroatoms. The number of hydrogen-bond donors (Lipinski definition) is 2. The van der Waals surface area contributed by atoms with E-state index in [2.05, 4.69) is 20.3 Å². The molecular formula is C21H22FN5O2. The molecule has 2 fully saturated rings. The number of imidazole rings is 1. The summed E-state index contributed by atoms with van der Waals surface area (Å²) in [6, 6.07) is 8.08. The van der Waals surface area contributed by atoms with E-state index in [0.29, 0.717) is 36.4 Å². The van der Waals surface area contributed by atoms with E-state index in [1.54, 1.807) is 18.3 Å². The second-order valence-corrected chi connectivity index (χ2v) is 7.37. The Morgan fingerprint density at radius 3 is 2.62 bits per heavy atom. The smallest absolute Gasteiger partial charge is 0.223 e. The Bertz CT molecular complexity index is 981. The number of anilines is 1. The summed E-state index contributed by atoms with van der Waals surface area (Å²) in [4.78, 5) is 17.0. The summed E-state index contributed by atoms with van der Waals surface area (Å²) in [6.45, 7) is 2.12. The summed E-state index contributed by atoms with van der Waals surface area (Å²) in [5.41, 5.74) is 2.88. The van der Waals surface area contributed by atoms with Crippen molar-refractivity contribution in [2.24, 2.45) is 5.92 Å². The SMILES string of the molecule is Fc1ccc(-c2nc(C3OCCCO3)[nH]c2-c2ccnc(NCC3CC3)n2)cc1. The van der Waals surface area contributed by atoms with Gasteiger partial charge in [-0.2, -0.15) is 0 Å². The third-order valence-electron chi connectivity index (χ3n) is 5.05. The van der Waals surface area contributed by atoms with E-state index in [1.165, 1.54) is 25.0 Å². The Morgan fingerprint density at radius 1 is 1.07 bits per heavy atom. The third-order valence-corrected chi connectivity index (χ3v) is 5.05. The highest BCUT2D eigenvalue weighted by Gasteiger charge is 2.25. The number of nitrogens with one attached hydrogen (secondary N) is 2. The van der Waals surface area contributed by atoms with Crippen molar-refractivity contribution >= 4 is 5.95 Å². The van der Waals surface area contributed by atoms with Crippen LogP contribution < -0.4 is 5.32 Å². The van der Waals surface area contributed by atoms with Gasteiger partial charge in [-0.15, -0.1) is 0 Å². The highest BCUT2D eigenvalue weighted by molar-refractivity contribution is 5.77. The van der Waals surface area contributed by atoms with Crippen LogP contribution in [0.4, 0.5) is 10.3 Å². The highest BCUT2D eigenvalue weighted by Crippen LogP contribution is 2.33. The summed E-state index contributed by atoms with van der Waals surface area (Å²) in [7, 11) is 0. The minimum atomic E-state index is -0.550. The maximum atomic E-state index is 13.4. The number of benzene rings is 1. The van der Waals surface area contributed by atoms with Crippen molar-refractivity contribution in [1.29, 1.82) is 0 Å². The second-order valence-electron chi connectivity index (χ2n) is 7.37. The summed E-state index contributed by atoms with van der Waals surface area (Å²) in [5, 5.41) is 3.30. The third kappa shape index (κ3) is 4.13. The number of hydrogen-bond acceptors (Lipinski definition) is 6. The number of aromatic nitrogens is 4. The van der Waals surface area contributed by atoms with Crippen LogP contribution in [-0.4, -0.2) is 39.7 Å². The lowest BCUT2D eigenvalue weighted by Crippen LogP contribution is -2.18. The first-order valence-corrected chi connectivity index (χ1v) is 9.92. The summed E-state index contributed by atoms with van der Waals surface area (Å²) in [5.74, 6) is 1.58. The lowest BCUT2D eigenvalue weighted by molar-refractivity contribution is -0.186. The van der Waals surface area contributed by atoms with Gasteiger partial charge in [0.1, 0.15) is 5.82 Å². The van der Waals surface area contributed by atoms with Gasteiger partial charge >= 0.3 is 0 Å². The fraction of sp³-hybridized carbons (Fsp3) is 0.381. The largest absolute Gasteiger partial charge is 0.354 e. The number of rotatable bonds is 6. The Hall–Kier alpha value is -2.84.